The third kappa shape index (κ3) is 2.41. The highest BCUT2D eigenvalue weighted by molar-refractivity contribution is 5.92. The second-order valence-electron chi connectivity index (χ2n) is 4.99. The lowest BCUT2D eigenvalue weighted by atomic mass is 10.1. The number of fused-ring (bicyclic) bond motifs is 1. The van der Waals surface area contributed by atoms with Crippen molar-refractivity contribution in [3.05, 3.63) is 59.7 Å². The van der Waals surface area contributed by atoms with E-state index in [1.807, 2.05) is 37.3 Å². The van der Waals surface area contributed by atoms with E-state index in [4.69, 9.17) is 0 Å². The number of phenolic OH excluding ortho intramolecular Hbond substituents is 1. The minimum absolute atomic E-state index is 0.0694. The molecule has 0 saturated heterocycles. The number of H-pyrrole nitrogens is 1. The Labute approximate surface area is 122 Å². The molecule has 0 fully saturated rings. The van der Waals surface area contributed by atoms with Gasteiger partial charge in [0, 0.05) is 16.9 Å². The highest BCUT2D eigenvalue weighted by atomic mass is 16.3. The van der Waals surface area contributed by atoms with Crippen molar-refractivity contribution in [2.45, 2.75) is 13.0 Å². The molecule has 0 amide bonds. The number of phenols is 1. The molecule has 3 aromatic rings. The van der Waals surface area contributed by atoms with Crippen LogP contribution in [0.3, 0.4) is 0 Å². The summed E-state index contributed by atoms with van der Waals surface area (Å²) < 4.78 is 0. The van der Waals surface area contributed by atoms with Gasteiger partial charge < -0.3 is 15.4 Å². The van der Waals surface area contributed by atoms with Crippen LogP contribution in [0.5, 0.6) is 5.75 Å². The van der Waals surface area contributed by atoms with E-state index >= 15 is 0 Å². The monoisotopic (exact) mass is 277 g/mol. The maximum atomic E-state index is 9.58. The third-order valence-electron chi connectivity index (χ3n) is 3.55. The number of nitrogens with one attached hydrogen (secondary N) is 2. The average Bonchev–Trinajstić information content (AvgIpc) is 2.84. The maximum absolute atomic E-state index is 9.58. The molecule has 1 aromatic heterocycles. The van der Waals surface area contributed by atoms with Gasteiger partial charge in [0.05, 0.1) is 0 Å². The van der Waals surface area contributed by atoms with E-state index in [0.29, 0.717) is 11.4 Å². The third-order valence-corrected chi connectivity index (χ3v) is 3.55. The summed E-state index contributed by atoms with van der Waals surface area (Å²) in [5, 5.41) is 23.0. The first-order chi connectivity index (χ1) is 10.2. The SMILES string of the molecule is CC(Nc1[nH]c2ccc(O)cc2c1C#N)c1ccccc1. The molecule has 4 nitrogen and oxygen atoms in total. The molecule has 21 heavy (non-hydrogen) atoms. The van der Waals surface area contributed by atoms with Crippen LogP contribution in [-0.4, -0.2) is 10.1 Å². The van der Waals surface area contributed by atoms with Crippen molar-refractivity contribution >= 4 is 16.7 Å². The van der Waals surface area contributed by atoms with Gasteiger partial charge in [-0.1, -0.05) is 30.3 Å². The van der Waals surface area contributed by atoms with Gasteiger partial charge in [-0.3, -0.25) is 0 Å². The van der Waals surface area contributed by atoms with Gasteiger partial charge >= 0.3 is 0 Å². The molecule has 4 heteroatoms. The van der Waals surface area contributed by atoms with Crippen LogP contribution < -0.4 is 5.32 Å². The molecule has 2 aromatic carbocycles. The van der Waals surface area contributed by atoms with Crippen LogP contribution >= 0.6 is 0 Å². The summed E-state index contributed by atoms with van der Waals surface area (Å²) in [5.41, 5.74) is 2.48. The fraction of sp³-hybridized carbons (Fsp3) is 0.118. The Kier molecular flexibility index (Phi) is 3.25. The number of aromatic hydroxyl groups is 1. The van der Waals surface area contributed by atoms with E-state index in [1.54, 1.807) is 18.2 Å². The first-order valence-corrected chi connectivity index (χ1v) is 6.75. The lowest BCUT2D eigenvalue weighted by Crippen LogP contribution is -2.07. The average molecular weight is 277 g/mol. The molecule has 0 aliphatic heterocycles. The standard InChI is InChI=1S/C17H15N3O/c1-11(12-5-3-2-4-6-12)19-17-15(10-18)14-9-13(21)7-8-16(14)20-17/h2-9,11,19-21H,1H3. The van der Waals surface area contributed by atoms with Crippen molar-refractivity contribution in [1.82, 2.24) is 4.98 Å². The quantitative estimate of drug-likeness (QED) is 0.679. The van der Waals surface area contributed by atoms with Gasteiger partial charge in [-0.2, -0.15) is 5.26 Å². The zero-order chi connectivity index (χ0) is 14.8. The summed E-state index contributed by atoms with van der Waals surface area (Å²) in [4.78, 5) is 3.20. The number of nitriles is 1. The molecule has 0 spiro atoms. The van der Waals surface area contributed by atoms with Crippen molar-refractivity contribution in [3.63, 3.8) is 0 Å². The lowest BCUT2D eigenvalue weighted by molar-refractivity contribution is 0.476. The zero-order valence-electron chi connectivity index (χ0n) is 11.6. The summed E-state index contributed by atoms with van der Waals surface area (Å²) in [6.07, 6.45) is 0. The first kappa shape index (κ1) is 13.1. The topological polar surface area (TPSA) is 71.8 Å². The molecule has 1 atom stereocenters. The Hall–Kier alpha value is -2.93. The Morgan fingerprint density at radius 3 is 2.67 bits per heavy atom. The fourth-order valence-electron chi connectivity index (χ4n) is 2.45. The Balaban J connectivity index is 1.99. The molecule has 1 unspecified atom stereocenters. The molecule has 0 bridgehead atoms. The van der Waals surface area contributed by atoms with Crippen LogP contribution in [0, 0.1) is 11.3 Å². The molecule has 0 aliphatic rings. The number of aromatic amines is 1. The molecule has 0 saturated carbocycles. The minimum Gasteiger partial charge on any atom is -0.508 e. The molecule has 0 aliphatic carbocycles. The number of anilines is 1. The van der Waals surface area contributed by atoms with Crippen molar-refractivity contribution in [1.29, 1.82) is 5.26 Å². The molecular weight excluding hydrogens is 262 g/mol. The Bertz CT molecular complexity index is 815. The lowest BCUT2D eigenvalue weighted by Gasteiger charge is -2.14. The number of nitrogens with zero attached hydrogens (tertiary/aromatic N) is 1. The van der Waals surface area contributed by atoms with Gasteiger partial charge in [-0.05, 0) is 30.7 Å². The normalized spacial score (nSPS) is 12.0. The molecular formula is C17H15N3O. The smallest absolute Gasteiger partial charge is 0.123 e. The Morgan fingerprint density at radius 2 is 1.95 bits per heavy atom. The molecule has 1 heterocycles. The highest BCUT2D eigenvalue weighted by Crippen LogP contribution is 2.30. The molecule has 104 valence electrons. The predicted octanol–water partition coefficient (Wildman–Crippen LogP) is 3.92. The summed E-state index contributed by atoms with van der Waals surface area (Å²) in [6, 6.07) is 17.3. The number of aromatic nitrogens is 1. The van der Waals surface area contributed by atoms with Crippen molar-refractivity contribution in [2.24, 2.45) is 0 Å². The zero-order valence-corrected chi connectivity index (χ0v) is 11.6. The van der Waals surface area contributed by atoms with Gasteiger partial charge in [0.2, 0.25) is 0 Å². The number of benzene rings is 2. The summed E-state index contributed by atoms with van der Waals surface area (Å²) >= 11 is 0. The highest BCUT2D eigenvalue weighted by Gasteiger charge is 2.14. The van der Waals surface area contributed by atoms with Gasteiger partial charge in [0.1, 0.15) is 23.2 Å². The van der Waals surface area contributed by atoms with E-state index in [-0.39, 0.29) is 11.8 Å². The summed E-state index contributed by atoms with van der Waals surface area (Å²) in [7, 11) is 0. The van der Waals surface area contributed by atoms with Crippen LogP contribution in [0.4, 0.5) is 5.82 Å². The Morgan fingerprint density at radius 1 is 1.19 bits per heavy atom. The molecule has 0 radical (unpaired) electrons. The number of hydrogen-bond donors (Lipinski definition) is 3. The van der Waals surface area contributed by atoms with Crippen molar-refractivity contribution in [2.75, 3.05) is 5.32 Å². The predicted molar refractivity (Wildman–Crippen MR) is 83.2 cm³/mol. The van der Waals surface area contributed by atoms with E-state index in [9.17, 15) is 10.4 Å². The second kappa shape index (κ2) is 5.22. The second-order valence-corrected chi connectivity index (χ2v) is 4.99. The largest absolute Gasteiger partial charge is 0.508 e. The maximum Gasteiger partial charge on any atom is 0.123 e. The molecule has 3 N–H and O–H groups in total. The summed E-state index contributed by atoms with van der Waals surface area (Å²) in [5.74, 6) is 0.829. The number of rotatable bonds is 3. The van der Waals surface area contributed by atoms with Crippen LogP contribution in [0.25, 0.3) is 10.9 Å². The fourth-order valence-corrected chi connectivity index (χ4v) is 2.45. The molecule has 3 rings (SSSR count). The van der Waals surface area contributed by atoms with Crippen LogP contribution in [-0.2, 0) is 0 Å². The van der Waals surface area contributed by atoms with Crippen LogP contribution in [0.15, 0.2) is 48.5 Å². The van der Waals surface area contributed by atoms with Crippen molar-refractivity contribution < 1.29 is 5.11 Å². The van der Waals surface area contributed by atoms with Gasteiger partial charge in [-0.25, -0.2) is 0 Å². The van der Waals surface area contributed by atoms with Crippen molar-refractivity contribution in [3.8, 4) is 11.8 Å². The summed E-state index contributed by atoms with van der Waals surface area (Å²) in [6.45, 7) is 2.04. The van der Waals surface area contributed by atoms with E-state index in [2.05, 4.69) is 16.4 Å². The van der Waals surface area contributed by atoms with Crippen LogP contribution in [0.1, 0.15) is 24.1 Å². The van der Waals surface area contributed by atoms with E-state index in [1.165, 1.54) is 0 Å². The van der Waals surface area contributed by atoms with Gasteiger partial charge in [-0.15, -0.1) is 0 Å². The minimum atomic E-state index is 0.0694. The van der Waals surface area contributed by atoms with Crippen LogP contribution in [0.2, 0.25) is 0 Å². The first-order valence-electron chi connectivity index (χ1n) is 6.75. The van der Waals surface area contributed by atoms with Gasteiger partial charge in [0.15, 0.2) is 0 Å². The van der Waals surface area contributed by atoms with E-state index in [0.717, 1.165) is 16.5 Å². The van der Waals surface area contributed by atoms with E-state index < -0.39 is 0 Å². The number of hydrogen-bond acceptors (Lipinski definition) is 3. The van der Waals surface area contributed by atoms with Gasteiger partial charge in [0.25, 0.3) is 0 Å².